The van der Waals surface area contributed by atoms with Gasteiger partial charge in [-0.15, -0.1) is 0 Å². The fraction of sp³-hybridized carbons (Fsp3) is 0.733. The highest BCUT2D eigenvalue weighted by atomic mass is 16.2. The van der Waals surface area contributed by atoms with Crippen molar-refractivity contribution in [3.8, 4) is 0 Å². The van der Waals surface area contributed by atoms with Gasteiger partial charge in [0.2, 0.25) is 5.91 Å². The molecule has 1 aliphatic heterocycles. The zero-order chi connectivity index (χ0) is 13.2. The first-order valence-electron chi connectivity index (χ1n) is 6.91. The third-order valence-corrected chi connectivity index (χ3v) is 5.47. The summed E-state index contributed by atoms with van der Waals surface area (Å²) in [5.74, 6) is 1.08. The lowest BCUT2D eigenvalue weighted by atomic mass is 9.64. The molecule has 3 aliphatic rings. The van der Waals surface area contributed by atoms with Crippen LogP contribution in [0, 0.1) is 23.2 Å². The number of likely N-dealkylation sites (tertiary alicyclic amines) is 1. The van der Waals surface area contributed by atoms with Gasteiger partial charge in [-0.05, 0) is 30.3 Å². The molecule has 3 rings (SSSR count). The van der Waals surface area contributed by atoms with Crippen LogP contribution in [0.5, 0.6) is 0 Å². The second kappa shape index (κ2) is 3.46. The second-order valence-electron chi connectivity index (χ2n) is 6.60. The lowest BCUT2D eigenvalue weighted by Gasteiger charge is -2.41. The minimum absolute atomic E-state index is 0.0615. The van der Waals surface area contributed by atoms with E-state index in [0.29, 0.717) is 5.92 Å². The van der Waals surface area contributed by atoms with Crippen molar-refractivity contribution in [3.05, 3.63) is 11.6 Å². The molecule has 0 aromatic rings. The number of rotatable bonds is 1. The molecule has 0 aromatic heterocycles. The Morgan fingerprint density at radius 3 is 2.61 bits per heavy atom. The number of nitrogens with zero attached hydrogens (tertiary/aromatic N) is 1. The van der Waals surface area contributed by atoms with Gasteiger partial charge in [-0.1, -0.05) is 26.8 Å². The number of hydrogen-bond donors (Lipinski definition) is 0. The second-order valence-corrected chi connectivity index (χ2v) is 6.60. The van der Waals surface area contributed by atoms with Gasteiger partial charge in [-0.2, -0.15) is 0 Å². The Hall–Kier alpha value is -1.12. The highest BCUT2D eigenvalue weighted by Gasteiger charge is 2.65. The van der Waals surface area contributed by atoms with Crippen LogP contribution < -0.4 is 0 Å². The molecule has 2 fully saturated rings. The molecule has 18 heavy (non-hydrogen) atoms. The van der Waals surface area contributed by atoms with Gasteiger partial charge in [0.05, 0.1) is 0 Å². The molecular formula is C15H21NO2. The summed E-state index contributed by atoms with van der Waals surface area (Å²) in [6.45, 7) is 6.28. The number of likely N-dealkylation sites (N-methyl/N-ethyl adjacent to an activating group) is 1. The topological polar surface area (TPSA) is 37.4 Å². The summed E-state index contributed by atoms with van der Waals surface area (Å²) in [5, 5.41) is 0. The summed E-state index contributed by atoms with van der Waals surface area (Å²) >= 11 is 0. The van der Waals surface area contributed by atoms with Gasteiger partial charge in [0.15, 0.2) is 5.78 Å². The van der Waals surface area contributed by atoms with Crippen molar-refractivity contribution < 1.29 is 9.59 Å². The van der Waals surface area contributed by atoms with Gasteiger partial charge < -0.3 is 4.90 Å². The number of amides is 1. The van der Waals surface area contributed by atoms with E-state index in [0.717, 1.165) is 18.4 Å². The highest BCUT2D eigenvalue weighted by Crippen LogP contribution is 2.59. The monoisotopic (exact) mass is 247 g/mol. The largest absolute Gasteiger partial charge is 0.334 e. The van der Waals surface area contributed by atoms with E-state index < -0.39 is 0 Å². The molecule has 0 spiro atoms. The lowest BCUT2D eigenvalue weighted by molar-refractivity contribution is -0.134. The van der Waals surface area contributed by atoms with Crippen LogP contribution >= 0.6 is 0 Å². The van der Waals surface area contributed by atoms with Crippen LogP contribution in [0.3, 0.4) is 0 Å². The predicted octanol–water partition coefficient (Wildman–Crippen LogP) is 2.02. The van der Waals surface area contributed by atoms with Gasteiger partial charge in [0, 0.05) is 18.4 Å². The van der Waals surface area contributed by atoms with Crippen LogP contribution in [0.4, 0.5) is 0 Å². The minimum atomic E-state index is -0.218. The molecule has 3 nitrogen and oxygen atoms in total. The summed E-state index contributed by atoms with van der Waals surface area (Å²) in [6.07, 6.45) is 4.17. The third kappa shape index (κ3) is 1.15. The molecule has 1 heterocycles. The smallest absolute Gasteiger partial charge is 0.226 e. The number of ketones is 1. The number of hydrogen-bond acceptors (Lipinski definition) is 2. The van der Waals surface area contributed by atoms with E-state index in [-0.39, 0.29) is 35.0 Å². The van der Waals surface area contributed by atoms with E-state index >= 15 is 0 Å². The predicted molar refractivity (Wildman–Crippen MR) is 68.8 cm³/mol. The summed E-state index contributed by atoms with van der Waals surface area (Å²) in [5.41, 5.74) is 0.783. The maximum absolute atomic E-state index is 12.7. The molecule has 1 amide bonds. The Kier molecular flexibility index (Phi) is 2.30. The van der Waals surface area contributed by atoms with Crippen molar-refractivity contribution in [2.24, 2.45) is 23.2 Å². The molecule has 1 saturated carbocycles. The normalized spacial score (nSPS) is 42.6. The first kappa shape index (κ1) is 11.9. The van der Waals surface area contributed by atoms with Crippen LogP contribution in [0.15, 0.2) is 11.6 Å². The van der Waals surface area contributed by atoms with Crippen molar-refractivity contribution in [2.45, 2.75) is 39.7 Å². The zero-order valence-corrected chi connectivity index (χ0v) is 11.6. The molecule has 0 N–H and O–H groups in total. The van der Waals surface area contributed by atoms with Gasteiger partial charge in [-0.25, -0.2) is 0 Å². The fourth-order valence-electron chi connectivity index (χ4n) is 4.45. The van der Waals surface area contributed by atoms with E-state index in [9.17, 15) is 9.59 Å². The number of Topliss-reactive ketones (excluding diaryl/α,β-unsaturated/α-hetero) is 1. The fourth-order valence-corrected chi connectivity index (χ4v) is 4.45. The van der Waals surface area contributed by atoms with Gasteiger partial charge in [-0.3, -0.25) is 9.59 Å². The standard InChI is InChI=1S/C15H21NO2/c1-8(2)10-7-9-5-6-11-14(18)16(4)13(12(10)17)15(9,11)3/h7-9,11,13H,5-6H2,1-4H3/t9-,11+,13+,15+/m0/s1. The van der Waals surface area contributed by atoms with Crippen LogP contribution in [0.2, 0.25) is 0 Å². The Morgan fingerprint density at radius 1 is 1.33 bits per heavy atom. The average Bonchev–Trinajstić information content (AvgIpc) is 2.71. The van der Waals surface area contributed by atoms with Crippen molar-refractivity contribution in [1.82, 2.24) is 4.90 Å². The molecule has 0 aromatic carbocycles. The molecule has 1 saturated heterocycles. The Balaban J connectivity index is 2.15. The first-order chi connectivity index (χ1) is 8.39. The molecule has 98 valence electrons. The molecule has 0 unspecified atom stereocenters. The van der Waals surface area contributed by atoms with Crippen LogP contribution in [0.25, 0.3) is 0 Å². The van der Waals surface area contributed by atoms with Crippen molar-refractivity contribution in [2.75, 3.05) is 7.05 Å². The maximum atomic E-state index is 12.7. The minimum Gasteiger partial charge on any atom is -0.334 e. The van der Waals surface area contributed by atoms with Gasteiger partial charge in [0.1, 0.15) is 6.04 Å². The third-order valence-electron chi connectivity index (χ3n) is 5.47. The lowest BCUT2D eigenvalue weighted by Crippen LogP contribution is -2.50. The van der Waals surface area contributed by atoms with Crippen LogP contribution in [-0.4, -0.2) is 29.7 Å². The molecule has 0 bridgehead atoms. The summed E-state index contributed by atoms with van der Waals surface area (Å²) in [4.78, 5) is 26.7. The Labute approximate surface area is 108 Å². The molecule has 0 radical (unpaired) electrons. The summed E-state index contributed by atoms with van der Waals surface area (Å²) in [7, 11) is 1.80. The van der Waals surface area contributed by atoms with E-state index in [1.807, 2.05) is 0 Å². The first-order valence-corrected chi connectivity index (χ1v) is 6.91. The Morgan fingerprint density at radius 2 is 2.00 bits per heavy atom. The number of carbonyl (C=O) groups excluding carboxylic acids is 2. The molecule has 4 atom stereocenters. The van der Waals surface area contributed by atoms with Crippen molar-refractivity contribution in [3.63, 3.8) is 0 Å². The maximum Gasteiger partial charge on any atom is 0.226 e. The highest BCUT2D eigenvalue weighted by molar-refractivity contribution is 6.06. The van der Waals surface area contributed by atoms with Crippen molar-refractivity contribution >= 4 is 11.7 Å². The average molecular weight is 247 g/mol. The van der Waals surface area contributed by atoms with Gasteiger partial charge in [0.25, 0.3) is 0 Å². The number of allylic oxidation sites excluding steroid dienone is 1. The van der Waals surface area contributed by atoms with Crippen LogP contribution in [0.1, 0.15) is 33.6 Å². The number of carbonyl (C=O) groups is 2. The summed E-state index contributed by atoms with van der Waals surface area (Å²) < 4.78 is 0. The Bertz CT molecular complexity index is 465. The van der Waals surface area contributed by atoms with Crippen molar-refractivity contribution in [1.29, 1.82) is 0 Å². The van der Waals surface area contributed by atoms with E-state index in [1.165, 1.54) is 0 Å². The van der Waals surface area contributed by atoms with Crippen LogP contribution in [-0.2, 0) is 9.59 Å². The molecular weight excluding hydrogens is 226 g/mol. The van der Waals surface area contributed by atoms with E-state index in [2.05, 4.69) is 26.8 Å². The molecule has 2 aliphatic carbocycles. The van der Waals surface area contributed by atoms with Gasteiger partial charge >= 0.3 is 0 Å². The van der Waals surface area contributed by atoms with E-state index in [1.54, 1.807) is 11.9 Å². The zero-order valence-electron chi connectivity index (χ0n) is 11.6. The SMILES string of the molecule is CC(C)C1=C[C@@H]2CC[C@@H]3C(=O)N(C)[C@H](C1=O)[C@]23C. The summed E-state index contributed by atoms with van der Waals surface area (Å²) in [6, 6.07) is -0.218. The molecule has 3 heteroatoms. The van der Waals surface area contributed by atoms with E-state index in [4.69, 9.17) is 0 Å². The quantitative estimate of drug-likeness (QED) is 0.711.